The van der Waals surface area contributed by atoms with Crippen LogP contribution in [0.2, 0.25) is 0 Å². The Morgan fingerprint density at radius 3 is 2.31 bits per heavy atom. The number of sulfonamides is 1. The molecule has 0 amide bonds. The second-order valence-corrected chi connectivity index (χ2v) is 6.95. The molecular weight excluding hydrogens is 224 g/mol. The minimum atomic E-state index is -3.03. The SMILES string of the molecule is CCS(=O)(=O)NCCNC(C(C)C)C1CC1. The van der Waals surface area contributed by atoms with Crippen LogP contribution in [0, 0.1) is 11.8 Å². The van der Waals surface area contributed by atoms with E-state index in [2.05, 4.69) is 23.9 Å². The lowest BCUT2D eigenvalue weighted by Gasteiger charge is -2.22. The molecule has 4 nitrogen and oxygen atoms in total. The minimum absolute atomic E-state index is 0.156. The Hall–Kier alpha value is -0.130. The molecule has 0 radical (unpaired) electrons. The molecule has 1 fully saturated rings. The summed E-state index contributed by atoms with van der Waals surface area (Å²) in [6.07, 6.45) is 2.63. The Labute approximate surface area is 99.2 Å². The van der Waals surface area contributed by atoms with Gasteiger partial charge in [-0.05, 0) is 31.6 Å². The van der Waals surface area contributed by atoms with Gasteiger partial charge in [-0.25, -0.2) is 13.1 Å². The molecule has 0 saturated heterocycles. The van der Waals surface area contributed by atoms with E-state index in [-0.39, 0.29) is 5.75 Å². The van der Waals surface area contributed by atoms with Gasteiger partial charge >= 0.3 is 0 Å². The molecule has 1 rings (SSSR count). The third-order valence-corrected chi connectivity index (χ3v) is 4.46. The maximum Gasteiger partial charge on any atom is 0.211 e. The molecule has 5 heteroatoms. The van der Waals surface area contributed by atoms with Crippen LogP contribution in [0.3, 0.4) is 0 Å². The summed E-state index contributed by atoms with van der Waals surface area (Å²) in [5.41, 5.74) is 0. The van der Waals surface area contributed by atoms with Gasteiger partial charge in [0, 0.05) is 19.1 Å². The molecule has 1 unspecified atom stereocenters. The van der Waals surface area contributed by atoms with Crippen LogP contribution in [0.4, 0.5) is 0 Å². The van der Waals surface area contributed by atoms with Crippen LogP contribution in [0.1, 0.15) is 33.6 Å². The molecule has 0 aromatic rings. The Morgan fingerprint density at radius 1 is 1.25 bits per heavy atom. The lowest BCUT2D eigenvalue weighted by Crippen LogP contribution is -2.41. The van der Waals surface area contributed by atoms with Crippen molar-refractivity contribution in [1.29, 1.82) is 0 Å². The monoisotopic (exact) mass is 248 g/mol. The summed E-state index contributed by atoms with van der Waals surface area (Å²) in [6, 6.07) is 0.547. The standard InChI is InChI=1S/C11H24N2O2S/c1-4-16(14,15)13-8-7-12-11(9(2)3)10-5-6-10/h9-13H,4-8H2,1-3H3. The van der Waals surface area contributed by atoms with Crippen molar-refractivity contribution >= 4 is 10.0 Å². The van der Waals surface area contributed by atoms with Crippen molar-refractivity contribution in [2.75, 3.05) is 18.8 Å². The average Bonchev–Trinajstić information content (AvgIpc) is 3.01. The van der Waals surface area contributed by atoms with Gasteiger partial charge in [0.1, 0.15) is 0 Å². The van der Waals surface area contributed by atoms with Crippen molar-refractivity contribution in [3.8, 4) is 0 Å². The van der Waals surface area contributed by atoms with Crippen molar-refractivity contribution in [3.05, 3.63) is 0 Å². The molecule has 1 atom stereocenters. The summed E-state index contributed by atoms with van der Waals surface area (Å²) in [4.78, 5) is 0. The molecule has 2 N–H and O–H groups in total. The van der Waals surface area contributed by atoms with E-state index in [0.717, 1.165) is 12.5 Å². The van der Waals surface area contributed by atoms with Gasteiger partial charge in [0.25, 0.3) is 0 Å². The lowest BCUT2D eigenvalue weighted by atomic mass is 10.00. The quantitative estimate of drug-likeness (QED) is 0.629. The summed E-state index contributed by atoms with van der Waals surface area (Å²) < 4.78 is 24.9. The number of hydrogen-bond acceptors (Lipinski definition) is 3. The highest BCUT2D eigenvalue weighted by atomic mass is 32.2. The first-order valence-electron chi connectivity index (χ1n) is 6.17. The molecule has 0 aromatic carbocycles. The van der Waals surface area contributed by atoms with Crippen molar-refractivity contribution in [3.63, 3.8) is 0 Å². The number of nitrogens with one attached hydrogen (secondary N) is 2. The smallest absolute Gasteiger partial charge is 0.211 e. The van der Waals surface area contributed by atoms with Crippen molar-refractivity contribution in [1.82, 2.24) is 10.0 Å². The third-order valence-electron chi connectivity index (χ3n) is 3.06. The normalized spacial score (nSPS) is 19.0. The zero-order valence-electron chi connectivity index (χ0n) is 10.5. The summed E-state index contributed by atoms with van der Waals surface area (Å²) in [5.74, 6) is 1.58. The van der Waals surface area contributed by atoms with E-state index in [0.29, 0.717) is 18.5 Å². The van der Waals surface area contributed by atoms with E-state index in [1.807, 2.05) is 0 Å². The molecule has 0 heterocycles. The van der Waals surface area contributed by atoms with E-state index in [9.17, 15) is 8.42 Å². The highest BCUT2D eigenvalue weighted by Gasteiger charge is 2.32. The molecule has 1 aliphatic rings. The van der Waals surface area contributed by atoms with Gasteiger partial charge < -0.3 is 5.32 Å². The molecular formula is C11H24N2O2S. The van der Waals surface area contributed by atoms with E-state index in [4.69, 9.17) is 0 Å². The van der Waals surface area contributed by atoms with E-state index < -0.39 is 10.0 Å². The van der Waals surface area contributed by atoms with Crippen LogP contribution in [0.5, 0.6) is 0 Å². The van der Waals surface area contributed by atoms with Gasteiger partial charge in [-0.1, -0.05) is 13.8 Å². The fourth-order valence-corrected chi connectivity index (χ4v) is 2.57. The van der Waals surface area contributed by atoms with Crippen LogP contribution in [-0.2, 0) is 10.0 Å². The summed E-state index contributed by atoms with van der Waals surface area (Å²) in [7, 11) is -3.03. The Balaban J connectivity index is 2.18. The van der Waals surface area contributed by atoms with Crippen molar-refractivity contribution in [2.24, 2.45) is 11.8 Å². The van der Waals surface area contributed by atoms with Crippen LogP contribution in [0.25, 0.3) is 0 Å². The summed E-state index contributed by atoms with van der Waals surface area (Å²) in [5, 5.41) is 3.45. The number of hydrogen-bond donors (Lipinski definition) is 2. The fourth-order valence-electron chi connectivity index (χ4n) is 1.95. The molecule has 0 aliphatic heterocycles. The van der Waals surface area contributed by atoms with Gasteiger partial charge in [0.2, 0.25) is 10.0 Å². The average molecular weight is 248 g/mol. The molecule has 1 aliphatic carbocycles. The lowest BCUT2D eigenvalue weighted by molar-refractivity contribution is 0.363. The molecule has 96 valence electrons. The first-order chi connectivity index (χ1) is 7.46. The second-order valence-electron chi connectivity index (χ2n) is 4.86. The molecule has 1 saturated carbocycles. The highest BCUT2D eigenvalue weighted by molar-refractivity contribution is 7.89. The van der Waals surface area contributed by atoms with Crippen molar-refractivity contribution < 1.29 is 8.42 Å². The Kier molecular flexibility index (Phi) is 5.21. The van der Waals surface area contributed by atoms with E-state index in [1.54, 1.807) is 6.92 Å². The van der Waals surface area contributed by atoms with Crippen LogP contribution in [-0.4, -0.2) is 33.3 Å². The van der Waals surface area contributed by atoms with Crippen LogP contribution >= 0.6 is 0 Å². The second kappa shape index (κ2) is 5.98. The van der Waals surface area contributed by atoms with Crippen LogP contribution in [0.15, 0.2) is 0 Å². The first kappa shape index (κ1) is 13.9. The van der Waals surface area contributed by atoms with Crippen LogP contribution < -0.4 is 10.0 Å². The summed E-state index contributed by atoms with van der Waals surface area (Å²) >= 11 is 0. The van der Waals surface area contributed by atoms with E-state index >= 15 is 0 Å². The van der Waals surface area contributed by atoms with Crippen molar-refractivity contribution in [2.45, 2.75) is 39.7 Å². The Morgan fingerprint density at radius 2 is 1.88 bits per heavy atom. The first-order valence-corrected chi connectivity index (χ1v) is 7.82. The molecule has 0 bridgehead atoms. The Bertz CT molecular complexity index is 295. The predicted octanol–water partition coefficient (Wildman–Crippen LogP) is 0.950. The predicted molar refractivity (Wildman–Crippen MR) is 66.8 cm³/mol. The van der Waals surface area contributed by atoms with Gasteiger partial charge in [0.05, 0.1) is 5.75 Å². The molecule has 0 aromatic heterocycles. The molecule has 16 heavy (non-hydrogen) atoms. The topological polar surface area (TPSA) is 58.2 Å². The van der Waals surface area contributed by atoms with E-state index in [1.165, 1.54) is 12.8 Å². The van der Waals surface area contributed by atoms with Gasteiger partial charge in [-0.2, -0.15) is 0 Å². The third kappa shape index (κ3) is 4.80. The van der Waals surface area contributed by atoms with Gasteiger partial charge in [0.15, 0.2) is 0 Å². The molecule has 0 spiro atoms. The maximum absolute atomic E-state index is 11.2. The summed E-state index contributed by atoms with van der Waals surface area (Å²) in [6.45, 7) is 7.29. The zero-order chi connectivity index (χ0) is 12.2. The fraction of sp³-hybridized carbons (Fsp3) is 1.00. The highest BCUT2D eigenvalue weighted by Crippen LogP contribution is 2.35. The van der Waals surface area contributed by atoms with Gasteiger partial charge in [-0.15, -0.1) is 0 Å². The largest absolute Gasteiger partial charge is 0.312 e. The minimum Gasteiger partial charge on any atom is -0.312 e. The van der Waals surface area contributed by atoms with Gasteiger partial charge in [-0.3, -0.25) is 0 Å². The maximum atomic E-state index is 11.2. The number of rotatable bonds is 8. The zero-order valence-corrected chi connectivity index (χ0v) is 11.3.